The molecule has 0 aliphatic rings. The lowest BCUT2D eigenvalue weighted by atomic mass is 10.3. The van der Waals surface area contributed by atoms with E-state index < -0.39 is 5.82 Å². The van der Waals surface area contributed by atoms with Crippen LogP contribution < -0.4 is 0 Å². The third kappa shape index (κ3) is 3.57. The standard InChI is InChI=1S/C15H16ClFN6/c1-21(10-15-18-5-6-22(15)2)8-11-9-23(20-19-11)12-3-4-14(17)13(16)7-12/h3-7,9H,8,10H2,1-2H3. The van der Waals surface area contributed by atoms with Gasteiger partial charge >= 0.3 is 0 Å². The first kappa shape index (κ1) is 15.6. The molecule has 8 heteroatoms. The second-order valence-electron chi connectivity index (χ2n) is 5.38. The molecule has 0 spiro atoms. The molecule has 0 unspecified atom stereocenters. The molecule has 23 heavy (non-hydrogen) atoms. The molecule has 120 valence electrons. The van der Waals surface area contributed by atoms with Crippen LogP contribution in [0.2, 0.25) is 5.02 Å². The van der Waals surface area contributed by atoms with Crippen LogP contribution in [-0.4, -0.2) is 36.5 Å². The summed E-state index contributed by atoms with van der Waals surface area (Å²) in [6, 6.07) is 4.44. The molecule has 0 N–H and O–H groups in total. The van der Waals surface area contributed by atoms with Crippen molar-refractivity contribution >= 4 is 11.6 Å². The fourth-order valence-corrected chi connectivity index (χ4v) is 2.42. The Hall–Kier alpha value is -2.25. The van der Waals surface area contributed by atoms with Crippen LogP contribution >= 0.6 is 11.6 Å². The number of hydrogen-bond donors (Lipinski definition) is 0. The van der Waals surface area contributed by atoms with Crippen molar-refractivity contribution in [2.45, 2.75) is 13.1 Å². The van der Waals surface area contributed by atoms with E-state index in [1.165, 1.54) is 12.1 Å². The molecular weight excluding hydrogens is 319 g/mol. The molecule has 0 saturated carbocycles. The Morgan fingerprint density at radius 2 is 2.13 bits per heavy atom. The largest absolute Gasteiger partial charge is 0.337 e. The highest BCUT2D eigenvalue weighted by molar-refractivity contribution is 6.30. The highest BCUT2D eigenvalue weighted by atomic mass is 35.5. The first-order valence-corrected chi connectivity index (χ1v) is 7.42. The molecule has 2 heterocycles. The molecule has 0 bridgehead atoms. The van der Waals surface area contributed by atoms with Gasteiger partial charge in [0.15, 0.2) is 0 Å². The molecule has 0 aliphatic heterocycles. The van der Waals surface area contributed by atoms with E-state index in [0.29, 0.717) is 18.8 Å². The molecule has 0 atom stereocenters. The van der Waals surface area contributed by atoms with Crippen molar-refractivity contribution in [1.29, 1.82) is 0 Å². The van der Waals surface area contributed by atoms with Gasteiger partial charge in [0.05, 0.1) is 29.1 Å². The summed E-state index contributed by atoms with van der Waals surface area (Å²) in [6.45, 7) is 1.33. The van der Waals surface area contributed by atoms with E-state index in [4.69, 9.17) is 11.6 Å². The van der Waals surface area contributed by atoms with Crippen LogP contribution in [0.4, 0.5) is 4.39 Å². The van der Waals surface area contributed by atoms with E-state index in [0.717, 1.165) is 11.5 Å². The number of aromatic nitrogens is 5. The quantitative estimate of drug-likeness (QED) is 0.719. The van der Waals surface area contributed by atoms with Crippen molar-refractivity contribution in [2.75, 3.05) is 7.05 Å². The lowest BCUT2D eigenvalue weighted by Crippen LogP contribution is -2.19. The van der Waals surface area contributed by atoms with Gasteiger partial charge in [-0.25, -0.2) is 14.1 Å². The Morgan fingerprint density at radius 3 is 2.83 bits per heavy atom. The van der Waals surface area contributed by atoms with Gasteiger partial charge in [0.2, 0.25) is 0 Å². The molecule has 0 radical (unpaired) electrons. The summed E-state index contributed by atoms with van der Waals surface area (Å²) in [5.41, 5.74) is 1.48. The van der Waals surface area contributed by atoms with Gasteiger partial charge in [-0.05, 0) is 25.2 Å². The summed E-state index contributed by atoms with van der Waals surface area (Å²) in [4.78, 5) is 6.39. The van der Waals surface area contributed by atoms with E-state index >= 15 is 0 Å². The van der Waals surface area contributed by atoms with E-state index in [-0.39, 0.29) is 5.02 Å². The van der Waals surface area contributed by atoms with E-state index in [1.807, 2.05) is 24.9 Å². The minimum atomic E-state index is -0.453. The van der Waals surface area contributed by atoms with Crippen LogP contribution in [0.5, 0.6) is 0 Å². The second kappa shape index (κ2) is 6.47. The van der Waals surface area contributed by atoms with Crippen molar-refractivity contribution < 1.29 is 4.39 Å². The maximum absolute atomic E-state index is 13.2. The Bertz CT molecular complexity index is 812. The minimum absolute atomic E-state index is 0.0615. The average molecular weight is 335 g/mol. The Labute approximate surface area is 138 Å². The highest BCUT2D eigenvalue weighted by Gasteiger charge is 2.10. The molecule has 1 aromatic carbocycles. The third-order valence-corrected chi connectivity index (χ3v) is 3.76. The summed E-state index contributed by atoms with van der Waals surface area (Å²) in [6.07, 6.45) is 5.49. The van der Waals surface area contributed by atoms with Crippen molar-refractivity contribution in [3.05, 3.63) is 59.1 Å². The molecule has 6 nitrogen and oxygen atoms in total. The molecule has 0 fully saturated rings. The average Bonchev–Trinajstić information content (AvgIpc) is 3.12. The number of nitrogens with zero attached hydrogens (tertiary/aromatic N) is 6. The minimum Gasteiger partial charge on any atom is -0.337 e. The predicted molar refractivity (Wildman–Crippen MR) is 84.7 cm³/mol. The lowest BCUT2D eigenvalue weighted by molar-refractivity contribution is 0.303. The summed E-state index contributed by atoms with van der Waals surface area (Å²) in [7, 11) is 3.95. The van der Waals surface area contributed by atoms with Gasteiger partial charge in [0, 0.05) is 26.0 Å². The summed E-state index contributed by atoms with van der Waals surface area (Å²) >= 11 is 5.80. The van der Waals surface area contributed by atoms with Gasteiger partial charge < -0.3 is 4.57 Å². The predicted octanol–water partition coefficient (Wildman–Crippen LogP) is 2.43. The normalized spacial score (nSPS) is 11.3. The highest BCUT2D eigenvalue weighted by Crippen LogP contribution is 2.18. The SMILES string of the molecule is CN(Cc1cn(-c2ccc(F)c(Cl)c2)nn1)Cc1nccn1C. The summed E-state index contributed by atoms with van der Waals surface area (Å²) in [5.74, 6) is 0.524. The molecule has 0 saturated heterocycles. The molecule has 3 aromatic rings. The second-order valence-corrected chi connectivity index (χ2v) is 5.79. The Kier molecular flexibility index (Phi) is 4.40. The van der Waals surface area contributed by atoms with Gasteiger partial charge in [-0.15, -0.1) is 5.10 Å². The number of hydrogen-bond acceptors (Lipinski definition) is 4. The van der Waals surface area contributed by atoms with Gasteiger partial charge in [-0.3, -0.25) is 4.90 Å². The van der Waals surface area contributed by atoms with Crippen LogP contribution in [0, 0.1) is 5.82 Å². The fraction of sp³-hybridized carbons (Fsp3) is 0.267. The lowest BCUT2D eigenvalue weighted by Gasteiger charge is -2.14. The van der Waals surface area contributed by atoms with Crippen molar-refractivity contribution in [3.8, 4) is 5.69 Å². The molecule has 3 rings (SSSR count). The number of aryl methyl sites for hydroxylation is 1. The summed E-state index contributed by atoms with van der Waals surface area (Å²) in [5, 5.41) is 8.27. The number of benzene rings is 1. The van der Waals surface area contributed by atoms with Crippen LogP contribution in [0.1, 0.15) is 11.5 Å². The van der Waals surface area contributed by atoms with Gasteiger partial charge in [0.1, 0.15) is 11.6 Å². The van der Waals surface area contributed by atoms with Gasteiger partial charge in [-0.1, -0.05) is 16.8 Å². The molecule has 0 amide bonds. The summed E-state index contributed by atoms with van der Waals surface area (Å²) < 4.78 is 16.8. The zero-order chi connectivity index (χ0) is 16.4. The molecular formula is C15H16ClFN6. The number of imidazole rings is 1. The van der Waals surface area contributed by atoms with Crippen molar-refractivity contribution in [1.82, 2.24) is 29.4 Å². The van der Waals surface area contributed by atoms with E-state index in [9.17, 15) is 4.39 Å². The van der Waals surface area contributed by atoms with E-state index in [1.54, 1.807) is 23.1 Å². The smallest absolute Gasteiger partial charge is 0.141 e. The maximum Gasteiger partial charge on any atom is 0.141 e. The maximum atomic E-state index is 13.2. The monoisotopic (exact) mass is 334 g/mol. The van der Waals surface area contributed by atoms with Crippen LogP contribution in [0.3, 0.4) is 0 Å². The van der Waals surface area contributed by atoms with Crippen LogP contribution in [-0.2, 0) is 20.1 Å². The van der Waals surface area contributed by atoms with Crippen LogP contribution in [0.15, 0.2) is 36.8 Å². The van der Waals surface area contributed by atoms with Crippen LogP contribution in [0.25, 0.3) is 5.69 Å². The zero-order valence-corrected chi connectivity index (χ0v) is 13.6. The number of halogens is 2. The Balaban J connectivity index is 1.69. The molecule has 2 aromatic heterocycles. The third-order valence-electron chi connectivity index (χ3n) is 3.47. The topological polar surface area (TPSA) is 51.8 Å². The van der Waals surface area contributed by atoms with Gasteiger partial charge in [-0.2, -0.15) is 0 Å². The van der Waals surface area contributed by atoms with Crippen molar-refractivity contribution in [2.24, 2.45) is 7.05 Å². The van der Waals surface area contributed by atoms with E-state index in [2.05, 4.69) is 20.2 Å². The number of rotatable bonds is 5. The first-order valence-electron chi connectivity index (χ1n) is 7.04. The first-order chi connectivity index (χ1) is 11.0. The zero-order valence-electron chi connectivity index (χ0n) is 12.8. The van der Waals surface area contributed by atoms with Gasteiger partial charge in [0.25, 0.3) is 0 Å². The fourth-order valence-electron chi connectivity index (χ4n) is 2.25. The Morgan fingerprint density at radius 1 is 1.30 bits per heavy atom. The molecule has 0 aliphatic carbocycles. The van der Waals surface area contributed by atoms with Crippen molar-refractivity contribution in [3.63, 3.8) is 0 Å².